The van der Waals surface area contributed by atoms with Gasteiger partial charge < -0.3 is 4.74 Å². The number of hydrogen-bond donors (Lipinski definition) is 0. The Labute approximate surface area is 223 Å². The van der Waals surface area contributed by atoms with Gasteiger partial charge in [-0.15, -0.1) is 0 Å². The first-order valence-electron chi connectivity index (χ1n) is 14.6. The van der Waals surface area contributed by atoms with E-state index in [1.54, 1.807) is 12.1 Å². The lowest BCUT2D eigenvalue weighted by molar-refractivity contribution is 0.212. The maximum Gasteiger partial charge on any atom is 0.201 e. The van der Waals surface area contributed by atoms with Gasteiger partial charge in [0.2, 0.25) is 5.82 Å². The van der Waals surface area contributed by atoms with Gasteiger partial charge in [-0.2, -0.15) is 4.39 Å². The molecular weight excluding hydrogens is 462 g/mol. The minimum absolute atomic E-state index is 0.0178. The third kappa shape index (κ3) is 7.55. The molecule has 2 aliphatic rings. The quantitative estimate of drug-likeness (QED) is 0.276. The largest absolute Gasteiger partial charge is 0.490 e. The zero-order valence-electron chi connectivity index (χ0n) is 22.8. The van der Waals surface area contributed by atoms with E-state index in [0.29, 0.717) is 24.0 Å². The molecule has 1 nitrogen and oxygen atoms in total. The summed E-state index contributed by atoms with van der Waals surface area (Å²) in [6.07, 6.45) is 20.4. The Bertz CT molecular complexity index is 1040. The highest BCUT2D eigenvalue weighted by Crippen LogP contribution is 2.42. The van der Waals surface area contributed by atoms with E-state index in [-0.39, 0.29) is 5.75 Å². The van der Waals surface area contributed by atoms with Crippen molar-refractivity contribution in [1.29, 1.82) is 0 Å². The van der Waals surface area contributed by atoms with Crippen LogP contribution in [-0.2, 0) is 12.8 Å². The summed E-state index contributed by atoms with van der Waals surface area (Å²) in [6.45, 7) is 4.57. The highest BCUT2D eigenvalue weighted by molar-refractivity contribution is 5.67. The minimum Gasteiger partial charge on any atom is -0.490 e. The van der Waals surface area contributed by atoms with Crippen LogP contribution in [0.25, 0.3) is 5.57 Å². The van der Waals surface area contributed by atoms with Gasteiger partial charge in [-0.25, -0.2) is 4.39 Å². The maximum atomic E-state index is 14.7. The monoisotopic (exact) mass is 506 g/mol. The van der Waals surface area contributed by atoms with Gasteiger partial charge >= 0.3 is 0 Å². The third-order valence-corrected chi connectivity index (χ3v) is 8.36. The molecule has 1 fully saturated rings. The van der Waals surface area contributed by atoms with Crippen LogP contribution in [0.2, 0.25) is 0 Å². The molecule has 0 saturated heterocycles. The molecule has 4 rings (SSSR count). The molecule has 1 saturated carbocycles. The molecule has 0 spiro atoms. The number of hydrogen-bond acceptors (Lipinski definition) is 1. The molecule has 200 valence electrons. The summed E-state index contributed by atoms with van der Waals surface area (Å²) in [5, 5.41) is 0. The van der Waals surface area contributed by atoms with Gasteiger partial charge in [-0.05, 0) is 117 Å². The van der Waals surface area contributed by atoms with Gasteiger partial charge in [0, 0.05) is 5.56 Å². The van der Waals surface area contributed by atoms with Crippen molar-refractivity contribution in [3.63, 3.8) is 0 Å². The summed E-state index contributed by atoms with van der Waals surface area (Å²) in [5.41, 5.74) is 4.23. The Morgan fingerprint density at radius 2 is 1.54 bits per heavy atom. The van der Waals surface area contributed by atoms with Crippen molar-refractivity contribution >= 4 is 5.57 Å². The normalized spacial score (nSPS) is 22.3. The van der Waals surface area contributed by atoms with E-state index in [1.165, 1.54) is 49.7 Å². The van der Waals surface area contributed by atoms with E-state index in [0.717, 1.165) is 50.0 Å². The molecule has 0 radical (unpaired) electrons. The fraction of sp³-hybridized carbons (Fsp3) is 0.529. The molecular formula is C34H44F2O. The smallest absolute Gasteiger partial charge is 0.201 e. The van der Waals surface area contributed by atoms with E-state index < -0.39 is 11.6 Å². The Morgan fingerprint density at radius 3 is 2.19 bits per heavy atom. The van der Waals surface area contributed by atoms with Gasteiger partial charge in [0.05, 0.1) is 6.61 Å². The minimum atomic E-state index is -0.856. The maximum absolute atomic E-state index is 14.7. The molecule has 0 amide bonds. The molecule has 37 heavy (non-hydrogen) atoms. The van der Waals surface area contributed by atoms with Gasteiger partial charge in [0.25, 0.3) is 0 Å². The molecule has 3 heteroatoms. The van der Waals surface area contributed by atoms with Crippen LogP contribution in [0, 0.1) is 29.4 Å². The van der Waals surface area contributed by atoms with E-state index in [4.69, 9.17) is 4.74 Å². The summed E-state index contributed by atoms with van der Waals surface area (Å²) in [4.78, 5) is 0. The predicted molar refractivity (Wildman–Crippen MR) is 151 cm³/mol. The van der Waals surface area contributed by atoms with Crippen LogP contribution in [0.1, 0.15) is 94.7 Å². The summed E-state index contributed by atoms with van der Waals surface area (Å²) in [7, 11) is 0. The molecule has 0 aliphatic heterocycles. The van der Waals surface area contributed by atoms with Crippen LogP contribution < -0.4 is 4.74 Å². The van der Waals surface area contributed by atoms with Crippen molar-refractivity contribution in [3.8, 4) is 5.75 Å². The van der Waals surface area contributed by atoms with Crippen molar-refractivity contribution in [3.05, 3.63) is 83.0 Å². The molecule has 2 aromatic carbocycles. The van der Waals surface area contributed by atoms with Crippen LogP contribution in [-0.4, -0.2) is 6.61 Å². The number of rotatable bonds is 11. The van der Waals surface area contributed by atoms with Crippen molar-refractivity contribution in [1.82, 2.24) is 0 Å². The second-order valence-electron chi connectivity index (χ2n) is 11.1. The number of aryl methyl sites for hydroxylation is 2. The number of allylic oxidation sites excluding steroid dienone is 4. The van der Waals surface area contributed by atoms with Crippen LogP contribution in [0.15, 0.2) is 54.6 Å². The summed E-state index contributed by atoms with van der Waals surface area (Å²) >= 11 is 0. The van der Waals surface area contributed by atoms with E-state index >= 15 is 0 Å². The molecule has 0 bridgehead atoms. The first-order valence-corrected chi connectivity index (χ1v) is 14.6. The Morgan fingerprint density at radius 1 is 0.811 bits per heavy atom. The van der Waals surface area contributed by atoms with Crippen LogP contribution in [0.4, 0.5) is 8.78 Å². The third-order valence-electron chi connectivity index (χ3n) is 8.36. The lowest BCUT2D eigenvalue weighted by atomic mass is 9.71. The Kier molecular flexibility index (Phi) is 10.4. The predicted octanol–water partition coefficient (Wildman–Crippen LogP) is 9.88. The van der Waals surface area contributed by atoms with E-state index in [1.807, 2.05) is 6.92 Å². The highest BCUT2D eigenvalue weighted by Gasteiger charge is 2.29. The molecule has 1 atom stereocenters. The average molecular weight is 507 g/mol. The number of halogens is 2. The zero-order valence-corrected chi connectivity index (χ0v) is 22.8. The van der Waals surface area contributed by atoms with Crippen molar-refractivity contribution < 1.29 is 13.5 Å². The Balaban J connectivity index is 1.21. The molecule has 0 aromatic heterocycles. The first kappa shape index (κ1) is 27.6. The number of ether oxygens (including phenoxy) is 1. The molecule has 2 aromatic rings. The second kappa shape index (κ2) is 13.9. The fourth-order valence-corrected chi connectivity index (χ4v) is 6.14. The van der Waals surface area contributed by atoms with Gasteiger partial charge in [0.1, 0.15) is 0 Å². The molecule has 0 N–H and O–H groups in total. The Hall–Kier alpha value is -2.42. The lowest BCUT2D eigenvalue weighted by Gasteiger charge is -2.35. The van der Waals surface area contributed by atoms with Crippen molar-refractivity contribution in [2.45, 2.75) is 90.9 Å². The summed E-state index contributed by atoms with van der Waals surface area (Å²) in [5.74, 6) is 0.539. The van der Waals surface area contributed by atoms with Gasteiger partial charge in [0.15, 0.2) is 11.6 Å². The van der Waals surface area contributed by atoms with Gasteiger partial charge in [-0.1, -0.05) is 62.8 Å². The summed E-state index contributed by atoms with van der Waals surface area (Å²) < 4.78 is 34.5. The molecule has 0 heterocycles. The standard InChI is InChI=1S/C34H44F2O/c1-3-7-25-10-12-26(13-11-25)8-5-6-9-27-14-16-28(17-15-27)29-18-20-30(21-19-29)31-22-23-32(37-24-4-2)34(36)33(31)35/h6,9-13,20,22-23,27-29H,3-5,7-8,14-19,21,24H2,1-2H3/b9-6+. The zero-order chi connectivity index (χ0) is 26.0. The van der Waals surface area contributed by atoms with E-state index in [9.17, 15) is 8.78 Å². The average Bonchev–Trinajstić information content (AvgIpc) is 2.93. The van der Waals surface area contributed by atoms with Gasteiger partial charge in [-0.3, -0.25) is 0 Å². The van der Waals surface area contributed by atoms with Crippen LogP contribution in [0.5, 0.6) is 5.75 Å². The highest BCUT2D eigenvalue weighted by atomic mass is 19.2. The molecule has 1 unspecified atom stereocenters. The fourth-order valence-electron chi connectivity index (χ4n) is 6.14. The number of benzene rings is 2. The van der Waals surface area contributed by atoms with Crippen LogP contribution >= 0.6 is 0 Å². The van der Waals surface area contributed by atoms with Crippen LogP contribution in [0.3, 0.4) is 0 Å². The SMILES string of the molecule is CCCOc1ccc(C2=CCC(C3CCC(/C=C/CCc4ccc(CCC)cc4)CC3)CC2)c(F)c1F. The van der Waals surface area contributed by atoms with Crippen molar-refractivity contribution in [2.24, 2.45) is 17.8 Å². The summed E-state index contributed by atoms with van der Waals surface area (Å²) in [6, 6.07) is 12.4. The van der Waals surface area contributed by atoms with Crippen molar-refractivity contribution in [2.75, 3.05) is 6.61 Å². The topological polar surface area (TPSA) is 9.23 Å². The molecule has 2 aliphatic carbocycles. The first-order chi connectivity index (χ1) is 18.1. The van der Waals surface area contributed by atoms with E-state index in [2.05, 4.69) is 49.4 Å². The second-order valence-corrected chi connectivity index (χ2v) is 11.1. The lowest BCUT2D eigenvalue weighted by Crippen LogP contribution is -2.22.